The van der Waals surface area contributed by atoms with Gasteiger partial charge >= 0.3 is 0 Å². The predicted molar refractivity (Wildman–Crippen MR) is 290 cm³/mol. The third-order valence-electron chi connectivity index (χ3n) is 13.6. The maximum atomic E-state index is 6.40. The monoisotopic (exact) mass is 880 g/mol. The van der Waals surface area contributed by atoms with Gasteiger partial charge in [-0.3, -0.25) is 0 Å². The topological polar surface area (TPSA) is 21.3 Å². The van der Waals surface area contributed by atoms with E-state index in [-0.39, 0.29) is 0 Å². The lowest BCUT2D eigenvalue weighted by atomic mass is 9.97. The van der Waals surface area contributed by atoms with Crippen molar-refractivity contribution in [2.75, 3.05) is 4.90 Å². The fourth-order valence-corrected chi connectivity index (χ4v) is 10.3. The number of anilines is 3. The molecule has 2 heterocycles. The molecule has 3 nitrogen and oxygen atoms in total. The number of rotatable bonds is 9. The van der Waals surface area contributed by atoms with Gasteiger partial charge in [-0.15, -0.1) is 0 Å². The highest BCUT2D eigenvalue weighted by atomic mass is 16.3. The van der Waals surface area contributed by atoms with Crippen molar-refractivity contribution in [2.24, 2.45) is 0 Å². The molecule has 0 aliphatic carbocycles. The van der Waals surface area contributed by atoms with Crippen molar-refractivity contribution in [3.63, 3.8) is 0 Å². The summed E-state index contributed by atoms with van der Waals surface area (Å²) in [5, 5.41) is 4.77. The number of hydrogen-bond donors (Lipinski definition) is 0. The molecule has 0 fully saturated rings. The molecule has 13 aromatic rings. The van der Waals surface area contributed by atoms with Gasteiger partial charge in [0.1, 0.15) is 11.2 Å². The van der Waals surface area contributed by atoms with Crippen LogP contribution in [-0.2, 0) is 0 Å². The van der Waals surface area contributed by atoms with Gasteiger partial charge in [-0.25, -0.2) is 0 Å². The molecule has 324 valence electrons. The van der Waals surface area contributed by atoms with Crippen LogP contribution in [0, 0.1) is 0 Å². The Morgan fingerprint density at radius 3 is 1.48 bits per heavy atom. The predicted octanol–water partition coefficient (Wildman–Crippen LogP) is 18.5. The summed E-state index contributed by atoms with van der Waals surface area (Å²) in [5.74, 6) is 0. The second-order valence-electron chi connectivity index (χ2n) is 17.6. The quantitative estimate of drug-likeness (QED) is 0.144. The highest BCUT2D eigenvalue weighted by Gasteiger charge is 2.21. The van der Waals surface area contributed by atoms with Crippen LogP contribution in [0.2, 0.25) is 0 Å². The zero-order valence-corrected chi connectivity index (χ0v) is 37.7. The van der Waals surface area contributed by atoms with E-state index in [2.05, 4.69) is 264 Å². The molecule has 0 saturated heterocycles. The average molecular weight is 881 g/mol. The van der Waals surface area contributed by atoms with Crippen molar-refractivity contribution in [1.82, 2.24) is 4.57 Å². The van der Waals surface area contributed by atoms with E-state index in [4.69, 9.17) is 4.42 Å². The Labute approximate surface area is 401 Å². The van der Waals surface area contributed by atoms with E-state index in [1.165, 1.54) is 32.9 Å². The molecule has 11 aromatic carbocycles. The summed E-state index contributed by atoms with van der Waals surface area (Å²) in [6.45, 7) is 0. The lowest BCUT2D eigenvalue weighted by molar-refractivity contribution is 0.670. The van der Waals surface area contributed by atoms with Gasteiger partial charge < -0.3 is 13.9 Å². The molecule has 0 unspecified atom stereocenters. The molecular weight excluding hydrogens is 837 g/mol. The summed E-state index contributed by atoms with van der Waals surface area (Å²) < 4.78 is 8.82. The van der Waals surface area contributed by atoms with Gasteiger partial charge in [0.15, 0.2) is 0 Å². The second kappa shape index (κ2) is 16.9. The lowest BCUT2D eigenvalue weighted by Crippen LogP contribution is -2.11. The molecule has 3 heteroatoms. The number of aromatic nitrogens is 1. The first-order valence-corrected chi connectivity index (χ1v) is 23.6. The normalized spacial score (nSPS) is 11.5. The number of fused-ring (bicyclic) bond motifs is 6. The smallest absolute Gasteiger partial charge is 0.143 e. The van der Waals surface area contributed by atoms with Crippen LogP contribution in [-0.4, -0.2) is 4.57 Å². The molecule has 0 amide bonds. The first-order chi connectivity index (χ1) is 34.2. The van der Waals surface area contributed by atoms with Gasteiger partial charge in [0.25, 0.3) is 0 Å². The van der Waals surface area contributed by atoms with E-state index in [9.17, 15) is 0 Å². The average Bonchev–Trinajstić information content (AvgIpc) is 3.98. The molecule has 0 radical (unpaired) electrons. The van der Waals surface area contributed by atoms with E-state index in [0.29, 0.717) is 0 Å². The van der Waals surface area contributed by atoms with Gasteiger partial charge in [-0.05, 0) is 93.5 Å². The summed E-state index contributed by atoms with van der Waals surface area (Å²) in [5.41, 5.74) is 20.1. The van der Waals surface area contributed by atoms with Crippen LogP contribution in [0.15, 0.2) is 271 Å². The molecule has 2 aromatic heterocycles. The zero-order valence-electron chi connectivity index (χ0n) is 37.7. The molecule has 0 saturated carbocycles. The molecule has 0 aliphatic rings. The van der Waals surface area contributed by atoms with Crippen LogP contribution < -0.4 is 4.90 Å². The summed E-state index contributed by atoms with van der Waals surface area (Å²) in [7, 11) is 0. The summed E-state index contributed by atoms with van der Waals surface area (Å²) in [6, 6.07) is 96.1. The number of furan rings is 1. The third-order valence-corrected chi connectivity index (χ3v) is 13.6. The Hall–Kier alpha value is -9.18. The van der Waals surface area contributed by atoms with Crippen molar-refractivity contribution >= 4 is 60.8 Å². The molecule has 0 bridgehead atoms. The number of benzene rings is 11. The van der Waals surface area contributed by atoms with Crippen LogP contribution >= 0.6 is 0 Å². The van der Waals surface area contributed by atoms with Crippen LogP contribution in [0.5, 0.6) is 0 Å². The SMILES string of the molecule is c1ccc(-c2ccc(-c3ccccc3N(c3ccc(-c4ccc(-c5cccc6c5oc5ccccc56)cc4)cc3)c3cccc(-c4ccccc4-n4c5ccccc5c5ccccc54)c3)cc2)cc1. The molecule has 0 aliphatic heterocycles. The van der Waals surface area contributed by atoms with Gasteiger partial charge in [0.2, 0.25) is 0 Å². The maximum Gasteiger partial charge on any atom is 0.143 e. The van der Waals surface area contributed by atoms with E-state index < -0.39 is 0 Å². The van der Waals surface area contributed by atoms with Crippen LogP contribution in [0.25, 0.3) is 105 Å². The summed E-state index contributed by atoms with van der Waals surface area (Å²) >= 11 is 0. The third kappa shape index (κ3) is 7.08. The summed E-state index contributed by atoms with van der Waals surface area (Å²) in [6.07, 6.45) is 0. The van der Waals surface area contributed by atoms with Crippen molar-refractivity contribution < 1.29 is 4.42 Å². The van der Waals surface area contributed by atoms with E-state index in [1.54, 1.807) is 0 Å². The number of nitrogens with zero attached hydrogens (tertiary/aromatic N) is 2. The first kappa shape index (κ1) is 40.1. The fraction of sp³-hybridized carbons (Fsp3) is 0. The van der Waals surface area contributed by atoms with E-state index in [0.717, 1.165) is 89.2 Å². The van der Waals surface area contributed by atoms with E-state index >= 15 is 0 Å². The number of para-hydroxylation sites is 6. The maximum absolute atomic E-state index is 6.40. The molecule has 0 atom stereocenters. The largest absolute Gasteiger partial charge is 0.455 e. The van der Waals surface area contributed by atoms with Crippen molar-refractivity contribution in [3.8, 4) is 61.3 Å². The van der Waals surface area contributed by atoms with Gasteiger partial charge in [-0.1, -0.05) is 212 Å². The van der Waals surface area contributed by atoms with Crippen molar-refractivity contribution in [2.45, 2.75) is 0 Å². The minimum atomic E-state index is 0.908. The summed E-state index contributed by atoms with van der Waals surface area (Å²) in [4.78, 5) is 2.41. The highest BCUT2D eigenvalue weighted by molar-refractivity contribution is 6.11. The minimum absolute atomic E-state index is 0.908. The molecule has 0 N–H and O–H groups in total. The van der Waals surface area contributed by atoms with Crippen LogP contribution in [0.1, 0.15) is 0 Å². The van der Waals surface area contributed by atoms with E-state index in [1.807, 2.05) is 12.1 Å². The molecule has 0 spiro atoms. The molecular formula is C66H44N2O. The number of hydrogen-bond acceptors (Lipinski definition) is 2. The van der Waals surface area contributed by atoms with Crippen molar-refractivity contribution in [3.05, 3.63) is 267 Å². The molecule has 13 rings (SSSR count). The zero-order chi connectivity index (χ0) is 45.7. The Balaban J connectivity index is 0.913. The fourth-order valence-electron chi connectivity index (χ4n) is 10.3. The Bertz CT molecular complexity index is 3940. The molecule has 69 heavy (non-hydrogen) atoms. The first-order valence-electron chi connectivity index (χ1n) is 23.6. The Morgan fingerprint density at radius 2 is 0.768 bits per heavy atom. The lowest BCUT2D eigenvalue weighted by Gasteiger charge is -2.28. The van der Waals surface area contributed by atoms with Gasteiger partial charge in [0.05, 0.1) is 22.4 Å². The Morgan fingerprint density at radius 1 is 0.290 bits per heavy atom. The van der Waals surface area contributed by atoms with Gasteiger partial charge in [-0.2, -0.15) is 0 Å². The second-order valence-corrected chi connectivity index (χ2v) is 17.6. The van der Waals surface area contributed by atoms with Crippen LogP contribution in [0.3, 0.4) is 0 Å². The van der Waals surface area contributed by atoms with Crippen molar-refractivity contribution in [1.29, 1.82) is 0 Å². The minimum Gasteiger partial charge on any atom is -0.455 e. The Kier molecular flexibility index (Phi) is 9.84. The highest BCUT2D eigenvalue weighted by Crippen LogP contribution is 2.44. The van der Waals surface area contributed by atoms with Gasteiger partial charge in [0, 0.05) is 49.6 Å². The standard InChI is InChI=1S/C66H44N2O/c1-2-16-45(17-3-1)46-32-36-49(37-33-46)54-20-4-9-27-61(54)67(52-42-40-48(41-43-52)47-34-38-50(39-35-47)56-25-15-26-60-59-24-8-13-31-65(59)69-66(56)60)53-19-14-18-51(44-53)55-21-5-10-28-62(55)68-63-29-11-6-22-57(63)58-23-7-12-30-64(58)68/h1-44H. The van der Waals surface area contributed by atoms with Crippen LogP contribution in [0.4, 0.5) is 17.1 Å².